The fourth-order valence-corrected chi connectivity index (χ4v) is 4.03. The molecule has 0 radical (unpaired) electrons. The van der Waals surface area contributed by atoms with E-state index in [-0.39, 0.29) is 0 Å². The summed E-state index contributed by atoms with van der Waals surface area (Å²) in [5, 5.41) is 3.83. The van der Waals surface area contributed by atoms with Gasteiger partial charge in [0, 0.05) is 32.3 Å². The van der Waals surface area contributed by atoms with Crippen LogP contribution >= 0.6 is 0 Å². The molecule has 2 rings (SSSR count). The van der Waals surface area contributed by atoms with E-state index in [1.165, 1.54) is 77.5 Å². The summed E-state index contributed by atoms with van der Waals surface area (Å²) in [6, 6.07) is 0.761. The van der Waals surface area contributed by atoms with E-state index in [0.29, 0.717) is 6.10 Å². The molecule has 2 aliphatic rings. The molecule has 0 aromatic rings. The minimum Gasteiger partial charge on any atom is -0.378 e. The van der Waals surface area contributed by atoms with Crippen LogP contribution in [0.1, 0.15) is 65.2 Å². The zero-order valence-corrected chi connectivity index (χ0v) is 14.3. The first-order valence-electron chi connectivity index (χ1n) is 9.40. The Kier molecular flexibility index (Phi) is 8.05. The molecule has 2 unspecified atom stereocenters. The summed E-state index contributed by atoms with van der Waals surface area (Å²) in [4.78, 5) is 2.70. The van der Waals surface area contributed by atoms with E-state index >= 15 is 0 Å². The van der Waals surface area contributed by atoms with Gasteiger partial charge >= 0.3 is 0 Å². The van der Waals surface area contributed by atoms with Crippen molar-refractivity contribution in [3.05, 3.63) is 0 Å². The van der Waals surface area contributed by atoms with Crippen molar-refractivity contribution in [2.45, 2.75) is 77.4 Å². The lowest BCUT2D eigenvalue weighted by Crippen LogP contribution is -2.45. The van der Waals surface area contributed by atoms with E-state index in [1.807, 2.05) is 0 Å². The molecule has 1 aliphatic heterocycles. The minimum atomic E-state index is 0.523. The highest BCUT2D eigenvalue weighted by Gasteiger charge is 2.27. The lowest BCUT2D eigenvalue weighted by atomic mass is 9.93. The van der Waals surface area contributed by atoms with Crippen LogP contribution in [0.15, 0.2) is 0 Å². The molecule has 3 nitrogen and oxygen atoms in total. The van der Waals surface area contributed by atoms with Crippen LogP contribution in [0.2, 0.25) is 0 Å². The highest BCUT2D eigenvalue weighted by molar-refractivity contribution is 4.83. The molecule has 3 heteroatoms. The monoisotopic (exact) mass is 296 g/mol. The third kappa shape index (κ3) is 5.88. The first kappa shape index (κ1) is 17.2. The lowest BCUT2D eigenvalue weighted by molar-refractivity contribution is 0.00945. The molecule has 124 valence electrons. The molecule has 0 spiro atoms. The second-order valence-corrected chi connectivity index (χ2v) is 6.91. The number of hydrogen-bond acceptors (Lipinski definition) is 3. The third-order valence-electron chi connectivity index (χ3n) is 5.25. The molecular formula is C18H36N2O. The van der Waals surface area contributed by atoms with Crippen LogP contribution < -0.4 is 5.32 Å². The van der Waals surface area contributed by atoms with Crippen molar-refractivity contribution in [3.63, 3.8) is 0 Å². The predicted octanol–water partition coefficient (Wildman–Crippen LogP) is 3.44. The second-order valence-electron chi connectivity index (χ2n) is 6.91. The average molecular weight is 296 g/mol. The van der Waals surface area contributed by atoms with Crippen molar-refractivity contribution in [2.24, 2.45) is 5.92 Å². The Morgan fingerprint density at radius 3 is 2.48 bits per heavy atom. The van der Waals surface area contributed by atoms with E-state index in [0.717, 1.165) is 18.6 Å². The van der Waals surface area contributed by atoms with Gasteiger partial charge in [0.05, 0.1) is 6.10 Å². The summed E-state index contributed by atoms with van der Waals surface area (Å²) >= 11 is 0. The first-order valence-corrected chi connectivity index (χ1v) is 9.40. The normalized spacial score (nSPS) is 29.4. The standard InChI is InChI=1S/C18H36N2O/c1-3-12-19-18-9-7-5-6-8-16(18)15-20-13-10-17(11-14-20)21-4-2/h16-19H,3-15H2,1-2H3. The molecule has 1 aliphatic carbocycles. The molecule has 2 fully saturated rings. The van der Waals surface area contributed by atoms with Gasteiger partial charge in [-0.15, -0.1) is 0 Å². The molecule has 1 N–H and O–H groups in total. The molecule has 0 aromatic carbocycles. The largest absolute Gasteiger partial charge is 0.378 e. The van der Waals surface area contributed by atoms with Gasteiger partial charge in [-0.1, -0.05) is 26.2 Å². The van der Waals surface area contributed by atoms with Gasteiger partial charge in [-0.25, -0.2) is 0 Å². The van der Waals surface area contributed by atoms with Gasteiger partial charge in [0.2, 0.25) is 0 Å². The van der Waals surface area contributed by atoms with Crippen LogP contribution in [0.3, 0.4) is 0 Å². The number of hydrogen-bond donors (Lipinski definition) is 1. The van der Waals surface area contributed by atoms with Gasteiger partial charge in [-0.3, -0.25) is 0 Å². The average Bonchev–Trinajstić information content (AvgIpc) is 2.73. The van der Waals surface area contributed by atoms with Crippen LogP contribution in [0.25, 0.3) is 0 Å². The summed E-state index contributed by atoms with van der Waals surface area (Å²) in [7, 11) is 0. The van der Waals surface area contributed by atoms with Crippen LogP contribution in [-0.2, 0) is 4.74 Å². The fourth-order valence-electron chi connectivity index (χ4n) is 4.03. The Balaban J connectivity index is 1.78. The summed E-state index contributed by atoms with van der Waals surface area (Å²) in [6.45, 7) is 10.2. The van der Waals surface area contributed by atoms with E-state index in [2.05, 4.69) is 24.1 Å². The predicted molar refractivity (Wildman–Crippen MR) is 89.7 cm³/mol. The molecule has 2 atom stereocenters. The molecule has 1 saturated heterocycles. The SMILES string of the molecule is CCCNC1CCCCCC1CN1CCC(OCC)CC1. The van der Waals surface area contributed by atoms with Crippen molar-refractivity contribution in [1.82, 2.24) is 10.2 Å². The zero-order chi connectivity index (χ0) is 14.9. The zero-order valence-electron chi connectivity index (χ0n) is 14.3. The number of nitrogens with zero attached hydrogens (tertiary/aromatic N) is 1. The highest BCUT2D eigenvalue weighted by Crippen LogP contribution is 2.26. The van der Waals surface area contributed by atoms with E-state index < -0.39 is 0 Å². The van der Waals surface area contributed by atoms with Crippen LogP contribution in [-0.4, -0.2) is 49.8 Å². The second kappa shape index (κ2) is 9.81. The Morgan fingerprint density at radius 2 is 1.76 bits per heavy atom. The van der Waals surface area contributed by atoms with Crippen molar-refractivity contribution in [1.29, 1.82) is 0 Å². The van der Waals surface area contributed by atoms with Crippen molar-refractivity contribution in [2.75, 3.05) is 32.8 Å². The molecule has 21 heavy (non-hydrogen) atoms. The lowest BCUT2D eigenvalue weighted by Gasteiger charge is -2.36. The molecule has 0 aromatic heterocycles. The Hall–Kier alpha value is -0.120. The Bertz CT molecular complexity index is 264. The molecule has 1 saturated carbocycles. The van der Waals surface area contributed by atoms with Gasteiger partial charge in [-0.2, -0.15) is 0 Å². The first-order chi connectivity index (χ1) is 10.3. The smallest absolute Gasteiger partial charge is 0.0599 e. The maximum absolute atomic E-state index is 5.78. The van der Waals surface area contributed by atoms with Gasteiger partial charge in [0.25, 0.3) is 0 Å². The molecular weight excluding hydrogens is 260 g/mol. The van der Waals surface area contributed by atoms with Gasteiger partial charge in [-0.05, 0) is 51.5 Å². The van der Waals surface area contributed by atoms with Crippen molar-refractivity contribution < 1.29 is 4.74 Å². The molecule has 0 amide bonds. The maximum atomic E-state index is 5.78. The molecule has 0 bridgehead atoms. The quantitative estimate of drug-likeness (QED) is 0.728. The topological polar surface area (TPSA) is 24.5 Å². The highest BCUT2D eigenvalue weighted by atomic mass is 16.5. The van der Waals surface area contributed by atoms with Crippen LogP contribution in [0.4, 0.5) is 0 Å². The van der Waals surface area contributed by atoms with Gasteiger partial charge < -0.3 is 15.0 Å². The number of nitrogens with one attached hydrogen (secondary N) is 1. The Morgan fingerprint density at radius 1 is 1.00 bits per heavy atom. The molecule has 1 heterocycles. The summed E-state index contributed by atoms with van der Waals surface area (Å²) < 4.78 is 5.78. The van der Waals surface area contributed by atoms with Crippen molar-refractivity contribution >= 4 is 0 Å². The number of likely N-dealkylation sites (tertiary alicyclic amines) is 1. The van der Waals surface area contributed by atoms with E-state index in [9.17, 15) is 0 Å². The number of ether oxygens (including phenoxy) is 1. The minimum absolute atomic E-state index is 0.523. The van der Waals surface area contributed by atoms with Crippen molar-refractivity contribution in [3.8, 4) is 0 Å². The van der Waals surface area contributed by atoms with Crippen LogP contribution in [0, 0.1) is 5.92 Å². The van der Waals surface area contributed by atoms with Crippen LogP contribution in [0.5, 0.6) is 0 Å². The maximum Gasteiger partial charge on any atom is 0.0599 e. The number of rotatable bonds is 7. The van der Waals surface area contributed by atoms with E-state index in [1.54, 1.807) is 0 Å². The Labute approximate surface area is 131 Å². The van der Waals surface area contributed by atoms with E-state index in [4.69, 9.17) is 4.74 Å². The summed E-state index contributed by atoms with van der Waals surface area (Å²) in [5.74, 6) is 0.864. The number of piperidine rings is 1. The fraction of sp³-hybridized carbons (Fsp3) is 1.00. The van der Waals surface area contributed by atoms with Gasteiger partial charge in [0.1, 0.15) is 0 Å². The van der Waals surface area contributed by atoms with Gasteiger partial charge in [0.15, 0.2) is 0 Å². The summed E-state index contributed by atoms with van der Waals surface area (Å²) in [5.41, 5.74) is 0. The summed E-state index contributed by atoms with van der Waals surface area (Å²) in [6.07, 6.45) is 11.3. The third-order valence-corrected chi connectivity index (χ3v) is 5.25.